The maximum absolute atomic E-state index is 12.9. The molecule has 0 bridgehead atoms. The highest BCUT2D eigenvalue weighted by Gasteiger charge is 2.23. The van der Waals surface area contributed by atoms with E-state index in [9.17, 15) is 9.59 Å². The molecule has 0 spiro atoms. The minimum absolute atomic E-state index is 0.0826. The largest absolute Gasteiger partial charge is 0.497 e. The fourth-order valence-electron chi connectivity index (χ4n) is 4.46. The highest BCUT2D eigenvalue weighted by atomic mass is 16.5. The van der Waals surface area contributed by atoms with Crippen molar-refractivity contribution in [1.29, 1.82) is 0 Å². The number of aryl methyl sites for hydroxylation is 2. The molecule has 0 unspecified atom stereocenters. The number of rotatable bonds is 5. The predicted octanol–water partition coefficient (Wildman–Crippen LogP) is 4.01. The molecule has 1 aromatic heterocycles. The number of fused-ring (bicyclic) bond motifs is 1. The summed E-state index contributed by atoms with van der Waals surface area (Å²) in [5.41, 5.74) is 5.39. The minimum Gasteiger partial charge on any atom is -0.497 e. The van der Waals surface area contributed by atoms with E-state index in [0.717, 1.165) is 24.0 Å². The number of hydrogen-bond donors (Lipinski definition) is 0. The zero-order valence-electron chi connectivity index (χ0n) is 19.2. The van der Waals surface area contributed by atoms with Gasteiger partial charge in [0, 0.05) is 55.3 Å². The summed E-state index contributed by atoms with van der Waals surface area (Å²) in [5, 5.41) is 0.870. The second-order valence-corrected chi connectivity index (χ2v) is 8.44. The number of carbonyl (C=O) groups excluding carboxylic acids is 1. The lowest BCUT2D eigenvalue weighted by Crippen LogP contribution is -2.49. The van der Waals surface area contributed by atoms with Gasteiger partial charge in [-0.05, 0) is 62.1 Å². The van der Waals surface area contributed by atoms with Crippen molar-refractivity contribution in [3.63, 3.8) is 0 Å². The van der Waals surface area contributed by atoms with Crippen LogP contribution in [0, 0.1) is 20.8 Å². The number of benzene rings is 2. The van der Waals surface area contributed by atoms with Crippen LogP contribution in [-0.2, 0) is 11.2 Å². The van der Waals surface area contributed by atoms with Crippen molar-refractivity contribution in [3.8, 4) is 5.75 Å². The number of ether oxygens (including phenoxy) is 1. The molecule has 2 aromatic carbocycles. The van der Waals surface area contributed by atoms with Gasteiger partial charge in [-0.25, -0.2) is 4.79 Å². The molecule has 1 saturated heterocycles. The molecule has 0 radical (unpaired) electrons. The van der Waals surface area contributed by atoms with Gasteiger partial charge in [0.15, 0.2) is 0 Å². The smallest absolute Gasteiger partial charge is 0.339 e. The summed E-state index contributed by atoms with van der Waals surface area (Å²) in [6.45, 7) is 9.20. The third-order valence-electron chi connectivity index (χ3n) is 6.63. The summed E-state index contributed by atoms with van der Waals surface area (Å²) in [6.07, 6.45) is 0.683. The van der Waals surface area contributed by atoms with Gasteiger partial charge in [0.05, 0.1) is 7.11 Å². The minimum atomic E-state index is -0.379. The fraction of sp³-hybridized carbons (Fsp3) is 0.385. The van der Waals surface area contributed by atoms with E-state index in [0.29, 0.717) is 42.8 Å². The van der Waals surface area contributed by atoms with E-state index in [2.05, 4.69) is 36.9 Å². The molecular weight excluding hydrogens is 404 g/mol. The normalized spacial score (nSPS) is 14.1. The molecule has 4 rings (SSSR count). The lowest BCUT2D eigenvalue weighted by Gasteiger charge is -2.37. The van der Waals surface area contributed by atoms with Gasteiger partial charge in [0.25, 0.3) is 0 Å². The summed E-state index contributed by atoms with van der Waals surface area (Å²) in [6, 6.07) is 11.8. The van der Waals surface area contributed by atoms with Crippen LogP contribution >= 0.6 is 0 Å². The van der Waals surface area contributed by atoms with Crippen LogP contribution in [0.4, 0.5) is 5.69 Å². The van der Waals surface area contributed by atoms with Crippen LogP contribution in [0.3, 0.4) is 0 Å². The molecule has 0 N–H and O–H groups in total. The van der Waals surface area contributed by atoms with E-state index in [-0.39, 0.29) is 11.5 Å². The highest BCUT2D eigenvalue weighted by molar-refractivity contribution is 5.83. The Kier molecular flexibility index (Phi) is 6.21. The Morgan fingerprint density at radius 3 is 2.50 bits per heavy atom. The van der Waals surface area contributed by atoms with Crippen LogP contribution in [-0.4, -0.2) is 44.1 Å². The Balaban J connectivity index is 1.41. The predicted molar refractivity (Wildman–Crippen MR) is 127 cm³/mol. The number of nitrogens with zero attached hydrogens (tertiary/aromatic N) is 2. The molecule has 0 atom stereocenters. The summed E-state index contributed by atoms with van der Waals surface area (Å²) >= 11 is 0. The van der Waals surface area contributed by atoms with E-state index < -0.39 is 0 Å². The Morgan fingerprint density at radius 1 is 1.03 bits per heavy atom. The summed E-state index contributed by atoms with van der Waals surface area (Å²) < 4.78 is 10.7. The van der Waals surface area contributed by atoms with Crippen LogP contribution in [0.1, 0.15) is 28.7 Å². The van der Waals surface area contributed by atoms with Gasteiger partial charge in [-0.2, -0.15) is 0 Å². The van der Waals surface area contributed by atoms with Gasteiger partial charge in [0.2, 0.25) is 5.91 Å². The third kappa shape index (κ3) is 4.22. The standard InChI is InChI=1S/C26H30N2O4/c1-17-6-5-7-23(18(17)2)27-12-14-28(15-13-27)25(29)11-10-22-19(3)21-9-8-20(31-4)16-24(21)32-26(22)30/h5-9,16H,10-15H2,1-4H3. The van der Waals surface area contributed by atoms with Crippen molar-refractivity contribution in [2.45, 2.75) is 33.6 Å². The average molecular weight is 435 g/mol. The molecule has 1 aliphatic heterocycles. The van der Waals surface area contributed by atoms with Crippen molar-refractivity contribution >= 4 is 22.6 Å². The molecule has 6 heteroatoms. The van der Waals surface area contributed by atoms with E-state index in [1.165, 1.54) is 16.8 Å². The molecule has 32 heavy (non-hydrogen) atoms. The number of methoxy groups -OCH3 is 1. The van der Waals surface area contributed by atoms with Gasteiger partial charge in [-0.15, -0.1) is 0 Å². The number of hydrogen-bond acceptors (Lipinski definition) is 5. The van der Waals surface area contributed by atoms with Crippen LogP contribution in [0.15, 0.2) is 45.6 Å². The third-order valence-corrected chi connectivity index (χ3v) is 6.63. The molecule has 2 heterocycles. The summed E-state index contributed by atoms with van der Waals surface area (Å²) in [4.78, 5) is 29.7. The Morgan fingerprint density at radius 2 is 1.78 bits per heavy atom. The topological polar surface area (TPSA) is 63.0 Å². The van der Waals surface area contributed by atoms with E-state index in [1.54, 1.807) is 13.2 Å². The van der Waals surface area contributed by atoms with E-state index >= 15 is 0 Å². The molecule has 1 aliphatic rings. The van der Waals surface area contributed by atoms with Crippen LogP contribution in [0.25, 0.3) is 11.0 Å². The quantitative estimate of drug-likeness (QED) is 0.568. The second kappa shape index (κ2) is 9.07. The molecular formula is C26H30N2O4. The SMILES string of the molecule is COc1ccc2c(C)c(CCC(=O)N3CCN(c4cccc(C)c4C)CC3)c(=O)oc2c1. The van der Waals surface area contributed by atoms with Gasteiger partial charge in [-0.3, -0.25) is 4.79 Å². The zero-order valence-corrected chi connectivity index (χ0v) is 19.2. The van der Waals surface area contributed by atoms with Crippen molar-refractivity contribution in [1.82, 2.24) is 4.90 Å². The number of anilines is 1. The Hall–Kier alpha value is -3.28. The first kappa shape index (κ1) is 21.9. The summed E-state index contributed by atoms with van der Waals surface area (Å²) in [7, 11) is 1.58. The fourth-order valence-corrected chi connectivity index (χ4v) is 4.46. The average Bonchev–Trinajstić information content (AvgIpc) is 2.80. The van der Waals surface area contributed by atoms with E-state index in [4.69, 9.17) is 9.15 Å². The van der Waals surface area contributed by atoms with Crippen molar-refractivity contribution < 1.29 is 13.9 Å². The maximum Gasteiger partial charge on any atom is 0.339 e. The van der Waals surface area contributed by atoms with Gasteiger partial charge >= 0.3 is 5.63 Å². The van der Waals surface area contributed by atoms with Gasteiger partial charge in [-0.1, -0.05) is 12.1 Å². The Labute approximate surface area is 188 Å². The van der Waals surface area contributed by atoms with Crippen LogP contribution in [0.5, 0.6) is 5.75 Å². The molecule has 168 valence electrons. The Bertz CT molecular complexity index is 1210. The maximum atomic E-state index is 12.9. The number of carbonyl (C=O) groups is 1. The monoisotopic (exact) mass is 434 g/mol. The van der Waals surface area contributed by atoms with Crippen molar-refractivity contribution in [3.05, 3.63) is 69.1 Å². The first-order chi connectivity index (χ1) is 15.4. The molecule has 0 aliphatic carbocycles. The van der Waals surface area contributed by atoms with Gasteiger partial charge < -0.3 is 19.0 Å². The first-order valence-electron chi connectivity index (χ1n) is 11.1. The lowest BCUT2D eigenvalue weighted by atomic mass is 10.0. The molecule has 0 saturated carbocycles. The van der Waals surface area contributed by atoms with Crippen LogP contribution < -0.4 is 15.3 Å². The van der Waals surface area contributed by atoms with Crippen molar-refractivity contribution in [2.24, 2.45) is 0 Å². The second-order valence-electron chi connectivity index (χ2n) is 8.44. The van der Waals surface area contributed by atoms with Crippen LogP contribution in [0.2, 0.25) is 0 Å². The highest BCUT2D eigenvalue weighted by Crippen LogP contribution is 2.26. The first-order valence-corrected chi connectivity index (χ1v) is 11.1. The number of piperazine rings is 1. The summed E-state index contributed by atoms with van der Waals surface area (Å²) in [5.74, 6) is 0.724. The van der Waals surface area contributed by atoms with Gasteiger partial charge in [0.1, 0.15) is 11.3 Å². The van der Waals surface area contributed by atoms with E-state index in [1.807, 2.05) is 24.0 Å². The molecule has 1 fully saturated rings. The lowest BCUT2D eigenvalue weighted by molar-refractivity contribution is -0.131. The number of amides is 1. The van der Waals surface area contributed by atoms with Crippen molar-refractivity contribution in [2.75, 3.05) is 38.2 Å². The molecule has 3 aromatic rings. The zero-order chi connectivity index (χ0) is 22.8. The molecule has 6 nitrogen and oxygen atoms in total. The molecule has 1 amide bonds.